The third-order valence-corrected chi connectivity index (χ3v) is 26.2. The molecule has 1 aliphatic rings. The summed E-state index contributed by atoms with van der Waals surface area (Å²) in [5.74, 6) is -0.891. The lowest BCUT2D eigenvalue weighted by atomic mass is 10.1. The summed E-state index contributed by atoms with van der Waals surface area (Å²) >= 11 is 0. The van der Waals surface area contributed by atoms with E-state index >= 15 is 0 Å². The van der Waals surface area contributed by atoms with Gasteiger partial charge >= 0.3 is 11.9 Å². The molecule has 55 heavy (non-hydrogen) atoms. The number of nitrogens with zero attached hydrogens (tertiary/aromatic N) is 2. The number of unbranched alkanes of at least 4 members (excludes halogenated alkanes) is 2. The van der Waals surface area contributed by atoms with Crippen LogP contribution in [0.5, 0.6) is 0 Å². The van der Waals surface area contributed by atoms with Crippen molar-refractivity contribution in [1.82, 2.24) is 9.80 Å². The zero-order chi connectivity index (χ0) is 42.8. The zero-order valence-electron chi connectivity index (χ0n) is 39.1. The van der Waals surface area contributed by atoms with Crippen LogP contribution < -0.4 is 0 Å². The lowest BCUT2D eigenvalue weighted by molar-refractivity contribution is -0.196. The fourth-order valence-electron chi connectivity index (χ4n) is 6.34. The first kappa shape index (κ1) is 52.4. The second-order valence-electron chi connectivity index (χ2n) is 21.3. The van der Waals surface area contributed by atoms with E-state index in [4.69, 9.17) is 22.8 Å². The van der Waals surface area contributed by atoms with Gasteiger partial charge in [-0.1, -0.05) is 62.3 Å². The first-order chi connectivity index (χ1) is 24.8. The number of hydrogen-bond acceptors (Lipinski definition) is 10. The molecule has 0 saturated carbocycles. The number of carbonyl (C=O) groups excluding carboxylic acids is 2. The SMILES string of the molecule is CC(O)CN(CCCCC1OC(=O)C(CCCCN(CC(C)O[Si](C)(C)C(C)(C)C)CC(C)O[Si](C)(C)C(C)(C)C)OC1=O)CC(C)O[Si](C)(C)C(C)(C)C. The predicted octanol–water partition coefficient (Wildman–Crippen LogP) is 9.38. The van der Waals surface area contributed by atoms with Gasteiger partial charge in [0.2, 0.25) is 0 Å². The molecule has 0 amide bonds. The van der Waals surface area contributed by atoms with Gasteiger partial charge in [0.05, 0.1) is 24.4 Å². The van der Waals surface area contributed by atoms with Gasteiger partial charge < -0.3 is 27.9 Å². The van der Waals surface area contributed by atoms with Gasteiger partial charge in [-0.3, -0.25) is 9.80 Å². The molecule has 1 fully saturated rings. The van der Waals surface area contributed by atoms with E-state index in [0.29, 0.717) is 25.8 Å². The molecule has 0 bridgehead atoms. The molecule has 0 spiro atoms. The van der Waals surface area contributed by atoms with E-state index in [0.717, 1.165) is 52.0 Å². The lowest BCUT2D eigenvalue weighted by Crippen LogP contribution is -2.49. The highest BCUT2D eigenvalue weighted by Gasteiger charge is 2.41. The van der Waals surface area contributed by atoms with E-state index in [1.54, 1.807) is 6.92 Å². The molecular weight excluding hydrogens is 745 g/mol. The molecule has 326 valence electrons. The summed E-state index contributed by atoms with van der Waals surface area (Å²) in [6.07, 6.45) is 2.00. The highest BCUT2D eigenvalue weighted by Crippen LogP contribution is 2.39. The molecule has 0 aliphatic carbocycles. The molecule has 13 heteroatoms. The standard InChI is InChI=1S/C42H88N2O8Si3/c1-32(45)28-43(29-33(2)50-53(14,15)40(5,6)7)26-22-20-24-36-38(46)49-37(39(47)48-36)25-21-23-27-44(30-34(3)51-54(16,17)41(8,9)10)31-35(4)52-55(18,19)42(11,12)13/h32-37,45H,20-31H2,1-19H3. The number of rotatable bonds is 24. The highest BCUT2D eigenvalue weighted by molar-refractivity contribution is 6.75. The van der Waals surface area contributed by atoms with Crippen LogP contribution in [0.1, 0.15) is 129 Å². The Bertz CT molecular complexity index is 1130. The quantitative estimate of drug-likeness (QED) is 0.0575. The minimum Gasteiger partial charge on any atom is -0.448 e. The minimum atomic E-state index is -1.93. The second kappa shape index (κ2) is 21.6. The maximum absolute atomic E-state index is 13.0. The number of aliphatic hydroxyl groups is 1. The first-order valence-electron chi connectivity index (χ1n) is 21.3. The number of carbonyl (C=O) groups is 2. The van der Waals surface area contributed by atoms with Crippen LogP contribution in [0.25, 0.3) is 0 Å². The van der Waals surface area contributed by atoms with Crippen LogP contribution in [0.2, 0.25) is 54.4 Å². The van der Waals surface area contributed by atoms with Gasteiger partial charge in [-0.05, 0) is 134 Å². The maximum atomic E-state index is 13.0. The molecule has 0 aromatic heterocycles. The Labute approximate surface area is 341 Å². The van der Waals surface area contributed by atoms with E-state index in [-0.39, 0.29) is 33.4 Å². The lowest BCUT2D eigenvalue weighted by Gasteiger charge is -2.41. The van der Waals surface area contributed by atoms with Crippen molar-refractivity contribution >= 4 is 36.9 Å². The minimum absolute atomic E-state index is 0.0452. The average molecular weight is 833 g/mol. The van der Waals surface area contributed by atoms with Crippen LogP contribution in [0.3, 0.4) is 0 Å². The molecule has 1 heterocycles. The molecule has 0 aromatic rings. The summed E-state index contributed by atoms with van der Waals surface area (Å²) in [5.41, 5.74) is 0. The molecule has 1 aliphatic heterocycles. The Morgan fingerprint density at radius 2 is 0.818 bits per heavy atom. The van der Waals surface area contributed by atoms with Crippen molar-refractivity contribution in [3.05, 3.63) is 0 Å². The van der Waals surface area contributed by atoms with Gasteiger partial charge in [-0.15, -0.1) is 0 Å². The van der Waals surface area contributed by atoms with Crippen LogP contribution in [-0.2, 0) is 32.3 Å². The molecule has 6 unspecified atom stereocenters. The van der Waals surface area contributed by atoms with E-state index in [2.05, 4.69) is 132 Å². The Hall–Kier alpha value is -0.649. The van der Waals surface area contributed by atoms with Crippen LogP contribution >= 0.6 is 0 Å². The third kappa shape index (κ3) is 18.4. The highest BCUT2D eigenvalue weighted by atomic mass is 28.4. The van der Waals surface area contributed by atoms with E-state index in [1.165, 1.54) is 0 Å². The summed E-state index contributed by atoms with van der Waals surface area (Å²) < 4.78 is 31.4. The Morgan fingerprint density at radius 3 is 1.07 bits per heavy atom. The van der Waals surface area contributed by atoms with Gasteiger partial charge in [0.1, 0.15) is 0 Å². The van der Waals surface area contributed by atoms with Crippen LogP contribution in [-0.4, -0.2) is 128 Å². The Balaban J connectivity index is 2.71. The fraction of sp³-hybridized carbons (Fsp3) is 0.952. The zero-order valence-corrected chi connectivity index (χ0v) is 42.1. The van der Waals surface area contributed by atoms with Gasteiger partial charge in [0.25, 0.3) is 0 Å². The van der Waals surface area contributed by atoms with Crippen molar-refractivity contribution < 1.29 is 37.4 Å². The number of aliphatic hydroxyl groups excluding tert-OH is 1. The summed E-state index contributed by atoms with van der Waals surface area (Å²) in [4.78, 5) is 30.6. The van der Waals surface area contributed by atoms with Gasteiger partial charge in [-0.2, -0.15) is 0 Å². The maximum Gasteiger partial charge on any atom is 0.348 e. The molecular formula is C42H88N2O8Si3. The van der Waals surface area contributed by atoms with Crippen molar-refractivity contribution in [2.45, 2.75) is 220 Å². The predicted molar refractivity (Wildman–Crippen MR) is 235 cm³/mol. The Morgan fingerprint density at radius 1 is 0.545 bits per heavy atom. The van der Waals surface area contributed by atoms with E-state index in [9.17, 15) is 14.7 Å². The smallest absolute Gasteiger partial charge is 0.348 e. The van der Waals surface area contributed by atoms with E-state index < -0.39 is 55.2 Å². The third-order valence-electron chi connectivity index (χ3n) is 12.4. The van der Waals surface area contributed by atoms with Crippen molar-refractivity contribution in [3.8, 4) is 0 Å². The Kier molecular flexibility index (Phi) is 20.5. The molecule has 0 aromatic carbocycles. The normalized spacial score (nSPS) is 20.4. The number of ether oxygens (including phenoxy) is 2. The molecule has 10 nitrogen and oxygen atoms in total. The molecule has 1 N–H and O–H groups in total. The van der Waals surface area contributed by atoms with Crippen molar-refractivity contribution in [3.63, 3.8) is 0 Å². The summed E-state index contributed by atoms with van der Waals surface area (Å²) in [5, 5.41) is 10.5. The van der Waals surface area contributed by atoms with Crippen molar-refractivity contribution in [2.24, 2.45) is 0 Å². The topological polar surface area (TPSA) is 107 Å². The summed E-state index contributed by atoms with van der Waals surface area (Å²) in [6, 6.07) is 0. The number of esters is 2. The molecule has 1 rings (SSSR count). The van der Waals surface area contributed by atoms with Gasteiger partial charge in [-0.25, -0.2) is 9.59 Å². The van der Waals surface area contributed by atoms with Crippen LogP contribution in [0.15, 0.2) is 0 Å². The largest absolute Gasteiger partial charge is 0.448 e. The van der Waals surface area contributed by atoms with Crippen molar-refractivity contribution in [1.29, 1.82) is 0 Å². The molecule has 1 saturated heterocycles. The summed E-state index contributed by atoms with van der Waals surface area (Å²) in [7, 11) is -5.76. The average Bonchev–Trinajstić information content (AvgIpc) is 2.96. The molecule has 0 radical (unpaired) electrons. The first-order valence-corrected chi connectivity index (χ1v) is 30.1. The molecule has 6 atom stereocenters. The monoisotopic (exact) mass is 833 g/mol. The van der Waals surface area contributed by atoms with Crippen LogP contribution in [0, 0.1) is 0 Å². The van der Waals surface area contributed by atoms with Crippen molar-refractivity contribution in [2.75, 3.05) is 39.3 Å². The second-order valence-corrected chi connectivity index (χ2v) is 35.5. The van der Waals surface area contributed by atoms with Gasteiger partial charge in [0, 0.05) is 26.2 Å². The fourth-order valence-corrected chi connectivity index (χ4v) is 10.6. The number of cyclic esters (lactones) is 2. The van der Waals surface area contributed by atoms with Gasteiger partial charge in [0.15, 0.2) is 37.2 Å². The number of hydrogen-bond donors (Lipinski definition) is 1. The van der Waals surface area contributed by atoms with Crippen LogP contribution in [0.4, 0.5) is 0 Å². The van der Waals surface area contributed by atoms with E-state index in [1.807, 2.05) is 0 Å². The summed E-state index contributed by atoms with van der Waals surface area (Å²) in [6.45, 7) is 46.8.